The van der Waals surface area contributed by atoms with Crippen LogP contribution in [0.2, 0.25) is 0 Å². The number of aryl methyl sites for hydroxylation is 2. The second kappa shape index (κ2) is 9.48. The summed E-state index contributed by atoms with van der Waals surface area (Å²) in [7, 11) is 0. The van der Waals surface area contributed by atoms with Crippen molar-refractivity contribution < 1.29 is 4.79 Å². The Balaban J connectivity index is 1.23. The third-order valence-electron chi connectivity index (χ3n) is 5.77. The number of nitrogens with one attached hydrogen (secondary N) is 1. The van der Waals surface area contributed by atoms with Crippen LogP contribution in [-0.2, 0) is 17.8 Å². The lowest BCUT2D eigenvalue weighted by Crippen LogP contribution is -2.26. The zero-order valence-electron chi connectivity index (χ0n) is 17.0. The molecule has 0 aliphatic heterocycles. The number of hydrogen-bond acceptors (Lipinski definition) is 4. The van der Waals surface area contributed by atoms with E-state index in [0.717, 1.165) is 23.8 Å². The number of amides is 1. The average Bonchev–Trinajstić information content (AvgIpc) is 3.48. The summed E-state index contributed by atoms with van der Waals surface area (Å²) in [4.78, 5) is 12.3. The lowest BCUT2D eigenvalue weighted by molar-refractivity contribution is -0.121. The van der Waals surface area contributed by atoms with Gasteiger partial charge in [0.25, 0.3) is 0 Å². The summed E-state index contributed by atoms with van der Waals surface area (Å²) in [6.07, 6.45) is 11.4. The Morgan fingerprint density at radius 2 is 2.03 bits per heavy atom. The fourth-order valence-electron chi connectivity index (χ4n) is 4.27. The average molecular weight is 412 g/mol. The van der Waals surface area contributed by atoms with Crippen LogP contribution in [0, 0.1) is 0 Å². The topological polar surface area (TPSA) is 64.7 Å². The van der Waals surface area contributed by atoms with Gasteiger partial charge >= 0.3 is 0 Å². The van der Waals surface area contributed by atoms with E-state index in [9.17, 15) is 4.79 Å². The molecule has 154 valence electrons. The van der Waals surface area contributed by atoms with Crippen LogP contribution in [-0.4, -0.2) is 38.0 Å². The van der Waals surface area contributed by atoms with E-state index in [2.05, 4.69) is 55.3 Å². The summed E-state index contributed by atoms with van der Waals surface area (Å²) in [5, 5.41) is 14.1. The van der Waals surface area contributed by atoms with Gasteiger partial charge in [-0.15, -0.1) is 10.2 Å². The molecular weight excluding hydrogens is 382 g/mol. The van der Waals surface area contributed by atoms with Crippen molar-refractivity contribution in [1.82, 2.24) is 24.6 Å². The number of nitrogens with zero attached hydrogens (tertiary/aromatic N) is 4. The summed E-state index contributed by atoms with van der Waals surface area (Å²) in [6, 6.07) is 10.9. The van der Waals surface area contributed by atoms with Gasteiger partial charge in [0.15, 0.2) is 5.16 Å². The first-order valence-electron chi connectivity index (χ1n) is 10.5. The zero-order chi connectivity index (χ0) is 20.1. The van der Waals surface area contributed by atoms with Gasteiger partial charge in [-0.05, 0) is 43.0 Å². The van der Waals surface area contributed by atoms with Crippen LogP contribution in [0.25, 0.3) is 10.9 Å². The number of thioether (sulfide) groups is 1. The molecule has 0 spiro atoms. The summed E-state index contributed by atoms with van der Waals surface area (Å²) in [5.41, 5.74) is 1.18. The van der Waals surface area contributed by atoms with Gasteiger partial charge < -0.3 is 14.5 Å². The molecule has 0 bridgehead atoms. The number of carbonyl (C=O) groups excluding carboxylic acids is 1. The molecule has 0 radical (unpaired) electrons. The predicted octanol–water partition coefficient (Wildman–Crippen LogP) is 4.21. The molecule has 0 atom stereocenters. The Hall–Kier alpha value is -2.28. The van der Waals surface area contributed by atoms with Crippen molar-refractivity contribution in [2.75, 3.05) is 12.8 Å². The van der Waals surface area contributed by atoms with Gasteiger partial charge in [0.2, 0.25) is 5.91 Å². The molecule has 1 aliphatic carbocycles. The highest BCUT2D eigenvalue weighted by Crippen LogP contribution is 2.33. The third kappa shape index (κ3) is 4.66. The largest absolute Gasteiger partial charge is 0.356 e. The van der Waals surface area contributed by atoms with Gasteiger partial charge in [0, 0.05) is 43.7 Å². The summed E-state index contributed by atoms with van der Waals surface area (Å²) < 4.78 is 4.49. The van der Waals surface area contributed by atoms with Crippen molar-refractivity contribution >= 4 is 28.6 Å². The minimum Gasteiger partial charge on any atom is -0.356 e. The molecule has 0 unspecified atom stereocenters. The Labute approximate surface area is 176 Å². The van der Waals surface area contributed by atoms with E-state index in [1.807, 2.05) is 12.1 Å². The molecule has 1 aliphatic rings. The van der Waals surface area contributed by atoms with E-state index in [4.69, 9.17) is 0 Å². The monoisotopic (exact) mass is 411 g/mol. The van der Waals surface area contributed by atoms with Crippen molar-refractivity contribution in [3.8, 4) is 0 Å². The molecule has 6 nitrogen and oxygen atoms in total. The predicted molar refractivity (Wildman–Crippen MR) is 117 cm³/mol. The van der Waals surface area contributed by atoms with E-state index in [-0.39, 0.29) is 5.91 Å². The number of para-hydroxylation sites is 1. The van der Waals surface area contributed by atoms with Crippen LogP contribution in [0.15, 0.2) is 41.7 Å². The highest BCUT2D eigenvalue weighted by atomic mass is 32.2. The van der Waals surface area contributed by atoms with Crippen LogP contribution in [0.1, 0.15) is 50.4 Å². The molecule has 1 fully saturated rings. The fraction of sp³-hybridized carbons (Fsp3) is 0.500. The van der Waals surface area contributed by atoms with E-state index in [0.29, 0.717) is 25.6 Å². The molecule has 29 heavy (non-hydrogen) atoms. The molecular formula is C22H29N5OS. The van der Waals surface area contributed by atoms with Crippen LogP contribution in [0.4, 0.5) is 0 Å². The summed E-state index contributed by atoms with van der Waals surface area (Å²) in [6.45, 7) is 1.38. The first-order valence-corrected chi connectivity index (χ1v) is 11.8. The van der Waals surface area contributed by atoms with Crippen LogP contribution in [0.5, 0.6) is 0 Å². The van der Waals surface area contributed by atoms with Gasteiger partial charge in [-0.2, -0.15) is 0 Å². The number of benzene rings is 1. The van der Waals surface area contributed by atoms with Crippen molar-refractivity contribution in [2.45, 2.75) is 62.7 Å². The molecule has 1 aromatic carbocycles. The Bertz CT molecular complexity index is 957. The number of fused-ring (bicyclic) bond motifs is 1. The maximum Gasteiger partial charge on any atom is 0.221 e. The molecule has 1 N–H and O–H groups in total. The number of aromatic nitrogens is 4. The molecule has 2 heterocycles. The van der Waals surface area contributed by atoms with Crippen molar-refractivity contribution in [3.63, 3.8) is 0 Å². The second-order valence-corrected chi connectivity index (χ2v) is 8.46. The lowest BCUT2D eigenvalue weighted by Gasteiger charge is -2.16. The lowest BCUT2D eigenvalue weighted by atomic mass is 10.2. The van der Waals surface area contributed by atoms with Crippen molar-refractivity contribution in [1.29, 1.82) is 0 Å². The van der Waals surface area contributed by atoms with Gasteiger partial charge in [0.1, 0.15) is 5.82 Å². The Morgan fingerprint density at radius 1 is 1.21 bits per heavy atom. The molecule has 7 heteroatoms. The SMILES string of the molecule is CSc1nnc(CCCNC(=O)CCn2ccc3ccccc32)n1C1CCCC1. The Kier molecular flexibility index (Phi) is 6.54. The summed E-state index contributed by atoms with van der Waals surface area (Å²) >= 11 is 1.67. The highest BCUT2D eigenvalue weighted by Gasteiger charge is 2.23. The van der Waals surface area contributed by atoms with Crippen molar-refractivity contribution in [3.05, 3.63) is 42.4 Å². The normalized spacial score (nSPS) is 14.7. The van der Waals surface area contributed by atoms with Crippen LogP contribution in [0.3, 0.4) is 0 Å². The molecule has 4 rings (SSSR count). The zero-order valence-corrected chi connectivity index (χ0v) is 17.8. The van der Waals surface area contributed by atoms with Gasteiger partial charge in [-0.1, -0.05) is 42.8 Å². The first-order chi connectivity index (χ1) is 14.3. The second-order valence-electron chi connectivity index (χ2n) is 7.68. The number of hydrogen-bond donors (Lipinski definition) is 1. The Morgan fingerprint density at radius 3 is 2.86 bits per heavy atom. The van der Waals surface area contributed by atoms with E-state index < -0.39 is 0 Å². The minimum absolute atomic E-state index is 0.102. The van der Waals surface area contributed by atoms with E-state index in [1.165, 1.54) is 36.6 Å². The molecule has 1 saturated carbocycles. The molecule has 2 aromatic heterocycles. The van der Waals surface area contributed by atoms with Gasteiger partial charge in [-0.25, -0.2) is 0 Å². The van der Waals surface area contributed by atoms with Crippen LogP contribution >= 0.6 is 11.8 Å². The fourth-order valence-corrected chi connectivity index (χ4v) is 4.84. The highest BCUT2D eigenvalue weighted by molar-refractivity contribution is 7.98. The number of rotatable bonds is 9. The third-order valence-corrected chi connectivity index (χ3v) is 6.41. The van der Waals surface area contributed by atoms with E-state index in [1.54, 1.807) is 11.8 Å². The molecule has 1 amide bonds. The van der Waals surface area contributed by atoms with Crippen LogP contribution < -0.4 is 5.32 Å². The first kappa shape index (κ1) is 20.0. The standard InChI is InChI=1S/C22H29N5OS/c1-29-22-25-24-20(27(22)18-8-3-4-9-18)11-6-14-23-21(28)13-16-26-15-12-17-7-2-5-10-19(17)26/h2,5,7,10,12,15,18H,3-4,6,8-9,11,13-14,16H2,1H3,(H,23,28). The quantitative estimate of drug-likeness (QED) is 0.423. The van der Waals surface area contributed by atoms with E-state index >= 15 is 0 Å². The maximum absolute atomic E-state index is 12.3. The van der Waals surface area contributed by atoms with Gasteiger partial charge in [-0.3, -0.25) is 4.79 Å². The molecule has 3 aromatic rings. The van der Waals surface area contributed by atoms with Gasteiger partial charge in [0.05, 0.1) is 0 Å². The summed E-state index contributed by atoms with van der Waals surface area (Å²) in [5.74, 6) is 1.17. The molecule has 0 saturated heterocycles. The number of carbonyl (C=O) groups is 1. The van der Waals surface area contributed by atoms with Crippen molar-refractivity contribution in [2.24, 2.45) is 0 Å². The smallest absolute Gasteiger partial charge is 0.221 e. The minimum atomic E-state index is 0.102. The maximum atomic E-state index is 12.3.